The number of nitrogens with zero attached hydrogens (tertiary/aromatic N) is 3. The molecule has 0 radical (unpaired) electrons. The summed E-state index contributed by atoms with van der Waals surface area (Å²) < 4.78 is 60.9. The normalized spacial score (nSPS) is 16.5. The number of thiophene rings is 1. The van der Waals surface area contributed by atoms with Crippen molar-refractivity contribution in [1.82, 2.24) is 9.78 Å². The van der Waals surface area contributed by atoms with Crippen LogP contribution in [0.15, 0.2) is 53.2 Å². The Kier molecular flexibility index (Phi) is 4.12. The molecular weight excluding hydrogens is 396 g/mol. The van der Waals surface area contributed by atoms with E-state index < -0.39 is 23.6 Å². The molecule has 2 N–H and O–H groups in total. The Morgan fingerprint density at radius 2 is 1.93 bits per heavy atom. The number of fused-ring (bicyclic) bond motifs is 1. The summed E-state index contributed by atoms with van der Waals surface area (Å²) in [6.45, 7) is 0. The summed E-state index contributed by atoms with van der Waals surface area (Å²) >= 11 is 1.19. The molecule has 10 heteroatoms. The first-order chi connectivity index (χ1) is 13.3. The molecule has 4 rings (SSSR count). The molecule has 1 aliphatic heterocycles. The standard InChI is InChI=1S/C18H10F4N4OS/c19-9-3-5-10(6-4-9)26-17-14(15(25-26)18(20,21)22)13(12-2-1-7-28-12)11(8-23)16(24)27-17/h1-7,13H,24H2. The molecule has 0 aliphatic carbocycles. The van der Waals surface area contributed by atoms with Crippen molar-refractivity contribution >= 4 is 11.3 Å². The largest absolute Gasteiger partial charge is 0.435 e. The van der Waals surface area contributed by atoms with E-state index in [4.69, 9.17) is 10.5 Å². The topological polar surface area (TPSA) is 76.9 Å². The van der Waals surface area contributed by atoms with E-state index in [2.05, 4.69) is 5.10 Å². The van der Waals surface area contributed by atoms with Gasteiger partial charge in [-0.15, -0.1) is 11.3 Å². The Morgan fingerprint density at radius 3 is 2.50 bits per heavy atom. The van der Waals surface area contributed by atoms with Gasteiger partial charge >= 0.3 is 6.18 Å². The second kappa shape index (κ2) is 6.38. The highest BCUT2D eigenvalue weighted by molar-refractivity contribution is 7.10. The second-order valence-corrected chi connectivity index (χ2v) is 6.87. The fraction of sp³-hybridized carbons (Fsp3) is 0.111. The molecule has 2 aromatic heterocycles. The van der Waals surface area contributed by atoms with Crippen LogP contribution in [0.2, 0.25) is 0 Å². The first-order valence-electron chi connectivity index (χ1n) is 7.88. The SMILES string of the molecule is N#CC1=C(N)Oc2c(c(C(F)(F)F)nn2-c2ccc(F)cc2)C1c1cccs1. The monoisotopic (exact) mass is 406 g/mol. The lowest BCUT2D eigenvalue weighted by atomic mass is 9.88. The maximum atomic E-state index is 13.8. The third-order valence-corrected chi connectivity index (χ3v) is 5.15. The maximum Gasteiger partial charge on any atom is 0.435 e. The summed E-state index contributed by atoms with van der Waals surface area (Å²) in [4.78, 5) is 0.494. The van der Waals surface area contributed by atoms with Crippen LogP contribution in [0.3, 0.4) is 0 Å². The van der Waals surface area contributed by atoms with Crippen LogP contribution < -0.4 is 10.5 Å². The summed E-state index contributed by atoms with van der Waals surface area (Å²) in [6.07, 6.45) is -4.80. The molecule has 3 aromatic rings. The van der Waals surface area contributed by atoms with Crippen molar-refractivity contribution in [3.05, 3.63) is 75.2 Å². The first-order valence-corrected chi connectivity index (χ1v) is 8.76. The van der Waals surface area contributed by atoms with E-state index in [0.717, 1.165) is 16.8 Å². The molecule has 1 unspecified atom stereocenters. The number of rotatable bonds is 2. The van der Waals surface area contributed by atoms with Gasteiger partial charge in [-0.25, -0.2) is 4.39 Å². The Hall–Kier alpha value is -3.32. The van der Waals surface area contributed by atoms with Crippen molar-refractivity contribution in [2.45, 2.75) is 12.1 Å². The maximum absolute atomic E-state index is 13.8. The molecule has 142 valence electrons. The van der Waals surface area contributed by atoms with Crippen molar-refractivity contribution in [2.75, 3.05) is 0 Å². The molecule has 0 bridgehead atoms. The predicted octanol–water partition coefficient (Wildman–Crippen LogP) is 4.31. The summed E-state index contributed by atoms with van der Waals surface area (Å²) in [5.74, 6) is -2.18. The van der Waals surface area contributed by atoms with Gasteiger partial charge in [-0.05, 0) is 35.7 Å². The molecule has 3 heterocycles. The van der Waals surface area contributed by atoms with Gasteiger partial charge in [0.2, 0.25) is 11.8 Å². The van der Waals surface area contributed by atoms with Crippen LogP contribution in [-0.2, 0) is 6.18 Å². The zero-order valence-corrected chi connectivity index (χ0v) is 14.7. The lowest BCUT2D eigenvalue weighted by molar-refractivity contribution is -0.142. The van der Waals surface area contributed by atoms with Gasteiger partial charge in [0, 0.05) is 4.88 Å². The Balaban J connectivity index is 2.03. The van der Waals surface area contributed by atoms with Crippen molar-refractivity contribution in [3.63, 3.8) is 0 Å². The lowest BCUT2D eigenvalue weighted by Crippen LogP contribution is -2.22. The number of aromatic nitrogens is 2. The molecule has 0 saturated carbocycles. The van der Waals surface area contributed by atoms with E-state index in [-0.39, 0.29) is 28.6 Å². The van der Waals surface area contributed by atoms with Crippen LogP contribution in [0.4, 0.5) is 17.6 Å². The van der Waals surface area contributed by atoms with E-state index in [1.165, 1.54) is 23.5 Å². The zero-order chi connectivity index (χ0) is 20.1. The number of halogens is 4. The molecule has 0 amide bonds. The second-order valence-electron chi connectivity index (χ2n) is 5.89. The van der Waals surface area contributed by atoms with Gasteiger partial charge in [0.05, 0.1) is 17.2 Å². The molecule has 1 aromatic carbocycles. The summed E-state index contributed by atoms with van der Waals surface area (Å²) in [5, 5.41) is 14.9. The average Bonchev–Trinajstić information content (AvgIpc) is 3.29. The average molecular weight is 406 g/mol. The van der Waals surface area contributed by atoms with Gasteiger partial charge in [0.1, 0.15) is 17.5 Å². The number of benzene rings is 1. The summed E-state index contributed by atoms with van der Waals surface area (Å²) in [6, 6.07) is 9.86. The van der Waals surface area contributed by atoms with Crippen molar-refractivity contribution in [2.24, 2.45) is 5.73 Å². The van der Waals surface area contributed by atoms with Gasteiger partial charge in [-0.1, -0.05) is 6.07 Å². The first kappa shape index (κ1) is 18.1. The fourth-order valence-corrected chi connectivity index (χ4v) is 3.89. The smallest absolute Gasteiger partial charge is 0.422 e. The van der Waals surface area contributed by atoms with Crippen LogP contribution >= 0.6 is 11.3 Å². The fourth-order valence-electron chi connectivity index (χ4n) is 3.05. The van der Waals surface area contributed by atoms with Gasteiger partial charge in [0.15, 0.2) is 5.69 Å². The molecule has 5 nitrogen and oxygen atoms in total. The Morgan fingerprint density at radius 1 is 1.21 bits per heavy atom. The lowest BCUT2D eigenvalue weighted by Gasteiger charge is -2.24. The third-order valence-electron chi connectivity index (χ3n) is 4.22. The summed E-state index contributed by atoms with van der Waals surface area (Å²) in [7, 11) is 0. The number of allylic oxidation sites excluding steroid dienone is 1. The van der Waals surface area contributed by atoms with Crippen molar-refractivity contribution in [1.29, 1.82) is 5.26 Å². The van der Waals surface area contributed by atoms with Gasteiger partial charge < -0.3 is 10.5 Å². The number of alkyl halides is 3. The number of hydrogen-bond acceptors (Lipinski definition) is 5. The Bertz CT molecular complexity index is 1110. The highest BCUT2D eigenvalue weighted by Crippen LogP contribution is 2.49. The van der Waals surface area contributed by atoms with E-state index >= 15 is 0 Å². The molecule has 1 aliphatic rings. The predicted molar refractivity (Wildman–Crippen MR) is 92.1 cm³/mol. The van der Waals surface area contributed by atoms with Crippen LogP contribution in [0, 0.1) is 17.1 Å². The van der Waals surface area contributed by atoms with Crippen LogP contribution in [0.25, 0.3) is 5.69 Å². The Labute approximate surface area is 159 Å². The van der Waals surface area contributed by atoms with Crippen LogP contribution in [0.1, 0.15) is 22.1 Å². The van der Waals surface area contributed by atoms with Gasteiger partial charge in [-0.2, -0.15) is 28.2 Å². The van der Waals surface area contributed by atoms with Crippen LogP contribution in [0.5, 0.6) is 5.88 Å². The van der Waals surface area contributed by atoms with Crippen molar-refractivity contribution < 1.29 is 22.3 Å². The zero-order valence-electron chi connectivity index (χ0n) is 13.9. The minimum atomic E-state index is -4.80. The van der Waals surface area contributed by atoms with Gasteiger partial charge in [0.25, 0.3) is 0 Å². The van der Waals surface area contributed by atoms with E-state index in [1.54, 1.807) is 17.5 Å². The highest BCUT2D eigenvalue weighted by atomic mass is 32.1. The molecule has 0 fully saturated rings. The minimum Gasteiger partial charge on any atom is -0.422 e. The minimum absolute atomic E-state index is 0.126. The summed E-state index contributed by atoms with van der Waals surface area (Å²) in [5.41, 5.74) is 4.39. The van der Waals surface area contributed by atoms with E-state index in [1.807, 2.05) is 6.07 Å². The quantitative estimate of drug-likeness (QED) is 0.644. The van der Waals surface area contributed by atoms with Gasteiger partial charge in [-0.3, -0.25) is 0 Å². The van der Waals surface area contributed by atoms with Crippen LogP contribution in [-0.4, -0.2) is 9.78 Å². The molecular formula is C18H10F4N4OS. The molecule has 28 heavy (non-hydrogen) atoms. The van der Waals surface area contributed by atoms with E-state index in [0.29, 0.717) is 4.88 Å². The molecule has 1 atom stereocenters. The molecule has 0 spiro atoms. The van der Waals surface area contributed by atoms with E-state index in [9.17, 15) is 22.8 Å². The number of nitriles is 1. The number of nitrogens with two attached hydrogens (primary N) is 1. The van der Waals surface area contributed by atoms with Crippen molar-refractivity contribution in [3.8, 4) is 17.6 Å². The number of hydrogen-bond donors (Lipinski definition) is 1. The third kappa shape index (κ3) is 2.80. The highest BCUT2D eigenvalue weighted by Gasteiger charge is 2.46. The number of ether oxygens (including phenoxy) is 1. The molecule has 0 saturated heterocycles.